The first-order valence-electron chi connectivity index (χ1n) is 11.7. The number of nitrogens with zero attached hydrogens (tertiary/aromatic N) is 1. The molecule has 0 radical (unpaired) electrons. The van der Waals surface area contributed by atoms with E-state index in [1.807, 2.05) is 49.5 Å². The van der Waals surface area contributed by atoms with Gasteiger partial charge in [-0.2, -0.15) is 0 Å². The van der Waals surface area contributed by atoms with Crippen LogP contribution in [-0.4, -0.2) is 24.7 Å². The normalized spacial score (nSPS) is 17.2. The average molecular weight is 434 g/mol. The summed E-state index contributed by atoms with van der Waals surface area (Å²) in [6.45, 7) is 17.7. The lowest BCUT2D eigenvalue weighted by Gasteiger charge is -2.27. The number of carbonyl (C=O) groups is 1. The van der Waals surface area contributed by atoms with E-state index in [4.69, 9.17) is 9.73 Å². The first-order valence-corrected chi connectivity index (χ1v) is 11.7. The Morgan fingerprint density at radius 3 is 2.41 bits per heavy atom. The molecule has 1 atom stereocenters. The van der Waals surface area contributed by atoms with Gasteiger partial charge in [0.05, 0.1) is 0 Å². The van der Waals surface area contributed by atoms with Crippen molar-refractivity contribution >= 4 is 17.6 Å². The predicted octanol–water partition coefficient (Wildman–Crippen LogP) is 7.15. The summed E-state index contributed by atoms with van der Waals surface area (Å²) in [6.07, 6.45) is 10.7. The highest BCUT2D eigenvalue weighted by Gasteiger charge is 2.20. The number of allylic oxidation sites excluding steroid dienone is 4. The summed E-state index contributed by atoms with van der Waals surface area (Å²) in [7, 11) is 0. The molecule has 0 aromatic heterocycles. The number of Topliss-reactive ketones (excluding diaryl/α,β-unsaturated/α-hetero) is 1. The van der Waals surface area contributed by atoms with Crippen LogP contribution in [0.1, 0.15) is 64.5 Å². The Bertz CT molecular complexity index is 880. The van der Waals surface area contributed by atoms with E-state index in [0.717, 1.165) is 65.5 Å². The molecule has 3 nitrogen and oxygen atoms in total. The van der Waals surface area contributed by atoms with E-state index in [1.165, 1.54) is 12.8 Å². The zero-order valence-corrected chi connectivity index (χ0v) is 20.3. The number of rotatable bonds is 11. The maximum atomic E-state index is 12.3. The number of hydrogen-bond donors (Lipinski definition) is 0. The standard InChI is InChI=1S/C29H39NO2/c1-7-25-10-12-26(13-11-25)18-28(24(6)31)19-29(21(2)3)20-30-23(5)9-8-22(4)27-14-16-32-17-15-27/h7,10-13,19-20,22,27H,1-2,8-9,14-18H2,3-6H3/b28-19-,29-20-,30-23?. The van der Waals surface area contributed by atoms with Crippen LogP contribution in [0.4, 0.5) is 0 Å². The maximum absolute atomic E-state index is 12.3. The van der Waals surface area contributed by atoms with Crippen LogP contribution in [0.25, 0.3) is 6.08 Å². The molecule has 1 fully saturated rings. The Labute approximate surface area is 194 Å². The first kappa shape index (κ1) is 25.7. The Balaban J connectivity index is 2.08. The van der Waals surface area contributed by atoms with Crippen LogP contribution in [0.15, 0.2) is 71.4 Å². The molecule has 172 valence electrons. The Hall–Kier alpha value is -2.52. The summed E-state index contributed by atoms with van der Waals surface area (Å²) in [5.41, 5.74) is 5.83. The number of ether oxygens (including phenoxy) is 1. The lowest BCUT2D eigenvalue weighted by Crippen LogP contribution is -2.22. The average Bonchev–Trinajstić information content (AvgIpc) is 2.79. The van der Waals surface area contributed by atoms with Gasteiger partial charge < -0.3 is 4.74 Å². The molecule has 0 spiro atoms. The Morgan fingerprint density at radius 1 is 1.19 bits per heavy atom. The zero-order valence-electron chi connectivity index (χ0n) is 20.3. The number of hydrogen-bond acceptors (Lipinski definition) is 3. The minimum atomic E-state index is 0.0657. The van der Waals surface area contributed by atoms with Crippen LogP contribution in [0.3, 0.4) is 0 Å². The van der Waals surface area contributed by atoms with Crippen LogP contribution >= 0.6 is 0 Å². The highest BCUT2D eigenvalue weighted by molar-refractivity contribution is 5.94. The Kier molecular flexibility index (Phi) is 10.6. The fourth-order valence-corrected chi connectivity index (χ4v) is 3.93. The van der Waals surface area contributed by atoms with Crippen LogP contribution in [0, 0.1) is 11.8 Å². The highest BCUT2D eigenvalue weighted by Crippen LogP contribution is 2.27. The molecule has 1 saturated heterocycles. The number of carbonyl (C=O) groups excluding carboxylic acids is 1. The molecule has 0 amide bonds. The van der Waals surface area contributed by atoms with E-state index in [2.05, 4.69) is 27.0 Å². The van der Waals surface area contributed by atoms with Gasteiger partial charge in [0.25, 0.3) is 0 Å². The summed E-state index contributed by atoms with van der Waals surface area (Å²) in [5, 5.41) is 0. The third kappa shape index (κ3) is 8.55. The van der Waals surface area contributed by atoms with Crippen molar-refractivity contribution in [3.63, 3.8) is 0 Å². The van der Waals surface area contributed by atoms with E-state index in [9.17, 15) is 4.79 Å². The van der Waals surface area contributed by atoms with Gasteiger partial charge >= 0.3 is 0 Å². The van der Waals surface area contributed by atoms with Gasteiger partial charge in [0.1, 0.15) is 0 Å². The third-order valence-corrected chi connectivity index (χ3v) is 6.34. The fraction of sp³-hybridized carbons (Fsp3) is 0.448. The molecule has 0 N–H and O–H groups in total. The van der Waals surface area contributed by atoms with E-state index in [0.29, 0.717) is 12.3 Å². The summed E-state index contributed by atoms with van der Waals surface area (Å²) in [6, 6.07) is 8.12. The van der Waals surface area contributed by atoms with Gasteiger partial charge in [0.2, 0.25) is 0 Å². The van der Waals surface area contributed by atoms with Crippen molar-refractivity contribution in [2.75, 3.05) is 13.2 Å². The van der Waals surface area contributed by atoms with Gasteiger partial charge in [-0.25, -0.2) is 0 Å². The van der Waals surface area contributed by atoms with Gasteiger partial charge in [-0.15, -0.1) is 0 Å². The SMILES string of the molecule is C=Cc1ccc(C/C(=C/C(=C/N=C(C)CCC(C)C2CCOCC2)C(=C)C)C(C)=O)cc1. The monoisotopic (exact) mass is 433 g/mol. The van der Waals surface area contributed by atoms with Gasteiger partial charge in [0.15, 0.2) is 5.78 Å². The zero-order chi connectivity index (χ0) is 23.5. The van der Waals surface area contributed by atoms with Crippen molar-refractivity contribution in [3.05, 3.63) is 77.5 Å². The van der Waals surface area contributed by atoms with E-state index < -0.39 is 0 Å². The van der Waals surface area contributed by atoms with Gasteiger partial charge in [-0.1, -0.05) is 50.4 Å². The second-order valence-electron chi connectivity index (χ2n) is 9.04. The van der Waals surface area contributed by atoms with Gasteiger partial charge in [-0.05, 0) is 92.2 Å². The van der Waals surface area contributed by atoms with Gasteiger partial charge in [0, 0.05) is 31.5 Å². The summed E-state index contributed by atoms with van der Waals surface area (Å²) in [4.78, 5) is 17.0. The first-order chi connectivity index (χ1) is 15.3. The molecule has 1 aliphatic heterocycles. The topological polar surface area (TPSA) is 38.7 Å². The maximum Gasteiger partial charge on any atom is 0.156 e. The molecule has 1 aromatic carbocycles. The number of ketones is 1. The molecule has 1 aliphatic rings. The van der Waals surface area contributed by atoms with E-state index in [-0.39, 0.29) is 5.78 Å². The summed E-state index contributed by atoms with van der Waals surface area (Å²) >= 11 is 0. The largest absolute Gasteiger partial charge is 0.381 e. The highest BCUT2D eigenvalue weighted by atomic mass is 16.5. The smallest absolute Gasteiger partial charge is 0.156 e. The molecule has 1 heterocycles. The van der Waals surface area contributed by atoms with Crippen molar-refractivity contribution in [2.45, 2.75) is 59.8 Å². The molecular formula is C29H39NO2. The van der Waals surface area contributed by atoms with Gasteiger partial charge in [-0.3, -0.25) is 9.79 Å². The third-order valence-electron chi connectivity index (χ3n) is 6.34. The molecule has 0 aliphatic carbocycles. The van der Waals surface area contributed by atoms with E-state index >= 15 is 0 Å². The molecular weight excluding hydrogens is 394 g/mol. The predicted molar refractivity (Wildman–Crippen MR) is 137 cm³/mol. The molecule has 1 aromatic rings. The number of aliphatic imine (C=N–C) groups is 1. The van der Waals surface area contributed by atoms with Crippen LogP contribution in [0.5, 0.6) is 0 Å². The Morgan fingerprint density at radius 2 is 1.84 bits per heavy atom. The van der Waals surface area contributed by atoms with Crippen molar-refractivity contribution in [1.29, 1.82) is 0 Å². The van der Waals surface area contributed by atoms with Crippen molar-refractivity contribution in [1.82, 2.24) is 0 Å². The molecule has 0 bridgehead atoms. The van der Waals surface area contributed by atoms with Crippen molar-refractivity contribution < 1.29 is 9.53 Å². The van der Waals surface area contributed by atoms with Crippen LogP contribution in [0.2, 0.25) is 0 Å². The second-order valence-corrected chi connectivity index (χ2v) is 9.04. The van der Waals surface area contributed by atoms with Crippen LogP contribution < -0.4 is 0 Å². The van der Waals surface area contributed by atoms with E-state index in [1.54, 1.807) is 6.92 Å². The molecule has 32 heavy (non-hydrogen) atoms. The minimum Gasteiger partial charge on any atom is -0.381 e. The fourth-order valence-electron chi connectivity index (χ4n) is 3.93. The molecule has 2 rings (SSSR count). The quantitative estimate of drug-likeness (QED) is 0.211. The summed E-state index contributed by atoms with van der Waals surface area (Å²) < 4.78 is 5.49. The minimum absolute atomic E-state index is 0.0657. The molecule has 0 saturated carbocycles. The molecule has 1 unspecified atom stereocenters. The van der Waals surface area contributed by atoms with Crippen molar-refractivity contribution in [3.8, 4) is 0 Å². The lowest BCUT2D eigenvalue weighted by molar-refractivity contribution is -0.113. The van der Waals surface area contributed by atoms with Crippen molar-refractivity contribution in [2.24, 2.45) is 16.8 Å². The second kappa shape index (κ2) is 13.1. The van der Waals surface area contributed by atoms with Crippen LogP contribution in [-0.2, 0) is 16.0 Å². The summed E-state index contributed by atoms with van der Waals surface area (Å²) in [5.74, 6) is 1.51. The lowest BCUT2D eigenvalue weighted by atomic mass is 9.84. The molecule has 3 heteroatoms. The number of benzene rings is 1.